The van der Waals surface area contributed by atoms with E-state index in [4.69, 9.17) is 0 Å². The fourth-order valence-electron chi connectivity index (χ4n) is 2.77. The Balaban J connectivity index is 1.85. The highest BCUT2D eigenvalue weighted by atomic mass is 16.2. The molecule has 26 heavy (non-hydrogen) atoms. The van der Waals surface area contributed by atoms with Crippen molar-refractivity contribution in [3.8, 4) is 0 Å². The van der Waals surface area contributed by atoms with Crippen molar-refractivity contribution in [2.45, 2.75) is 27.2 Å². The van der Waals surface area contributed by atoms with Gasteiger partial charge in [-0.25, -0.2) is 0 Å². The molecule has 0 bridgehead atoms. The highest BCUT2D eigenvalue weighted by Crippen LogP contribution is 2.17. The highest BCUT2D eigenvalue weighted by molar-refractivity contribution is 5.93. The third kappa shape index (κ3) is 5.70. The smallest absolute Gasteiger partial charge is 0.279 e. The summed E-state index contributed by atoms with van der Waals surface area (Å²) in [5.74, 6) is -0.202. The molecule has 1 unspecified atom stereocenters. The third-order valence-corrected chi connectivity index (χ3v) is 4.42. The van der Waals surface area contributed by atoms with Gasteiger partial charge in [-0.05, 0) is 55.2 Å². The molecule has 138 valence electrons. The van der Waals surface area contributed by atoms with Crippen LogP contribution in [0.1, 0.15) is 23.6 Å². The van der Waals surface area contributed by atoms with E-state index in [0.29, 0.717) is 0 Å². The molecule has 1 atom stereocenters. The first-order valence-corrected chi connectivity index (χ1v) is 8.95. The molecule has 5 heteroatoms. The molecule has 2 rings (SSSR count). The fraction of sp³-hybridized carbons (Fsp3) is 0.333. The highest BCUT2D eigenvalue weighted by Gasteiger charge is 2.15. The van der Waals surface area contributed by atoms with Crippen molar-refractivity contribution in [3.05, 3.63) is 59.2 Å². The summed E-state index contributed by atoms with van der Waals surface area (Å²) in [6.45, 7) is 6.54. The third-order valence-electron chi connectivity index (χ3n) is 4.42. The number of likely N-dealkylation sites (N-methyl/N-ethyl adjacent to an activating group) is 1. The van der Waals surface area contributed by atoms with E-state index in [1.54, 1.807) is 0 Å². The number of quaternary nitrogens is 1. The minimum Gasteiger partial charge on any atom is -0.322 e. The van der Waals surface area contributed by atoms with Crippen LogP contribution in [0.3, 0.4) is 0 Å². The molecule has 0 radical (unpaired) electrons. The van der Waals surface area contributed by atoms with Gasteiger partial charge < -0.3 is 15.5 Å². The van der Waals surface area contributed by atoms with Gasteiger partial charge in [-0.3, -0.25) is 9.59 Å². The summed E-state index contributed by atoms with van der Waals surface area (Å²) in [6.07, 6.45) is 0.924. The van der Waals surface area contributed by atoms with Gasteiger partial charge in [-0.1, -0.05) is 31.2 Å². The average Bonchev–Trinajstić information content (AvgIpc) is 2.58. The van der Waals surface area contributed by atoms with Gasteiger partial charge in [0.15, 0.2) is 13.1 Å². The van der Waals surface area contributed by atoms with Crippen molar-refractivity contribution < 1.29 is 14.5 Å². The van der Waals surface area contributed by atoms with Crippen LogP contribution in [0, 0.1) is 13.8 Å². The Morgan fingerprint density at radius 2 is 1.62 bits per heavy atom. The van der Waals surface area contributed by atoms with Crippen molar-refractivity contribution in [1.29, 1.82) is 0 Å². The van der Waals surface area contributed by atoms with Crippen LogP contribution >= 0.6 is 0 Å². The van der Waals surface area contributed by atoms with Crippen molar-refractivity contribution in [2.75, 3.05) is 30.8 Å². The molecular formula is C21H28N3O2+. The predicted molar refractivity (Wildman–Crippen MR) is 106 cm³/mol. The second-order valence-electron chi connectivity index (χ2n) is 6.71. The Bertz CT molecular complexity index is 787. The van der Waals surface area contributed by atoms with Crippen LogP contribution in [0.4, 0.5) is 11.4 Å². The lowest BCUT2D eigenvalue weighted by Crippen LogP contribution is -3.11. The first-order chi connectivity index (χ1) is 12.4. The van der Waals surface area contributed by atoms with Gasteiger partial charge in [-0.2, -0.15) is 0 Å². The van der Waals surface area contributed by atoms with Gasteiger partial charge in [0.1, 0.15) is 0 Å². The van der Waals surface area contributed by atoms with E-state index in [1.807, 2.05) is 63.4 Å². The van der Waals surface area contributed by atoms with Crippen molar-refractivity contribution in [2.24, 2.45) is 0 Å². The van der Waals surface area contributed by atoms with E-state index >= 15 is 0 Å². The lowest BCUT2D eigenvalue weighted by Gasteiger charge is -2.15. The maximum atomic E-state index is 12.2. The molecule has 0 aromatic heterocycles. The SMILES string of the molecule is CCc1cccc(NC(=O)C[NH+](C)CC(=O)Nc2cccc(C)c2C)c1. The van der Waals surface area contributed by atoms with Crippen LogP contribution in [0.5, 0.6) is 0 Å². The molecule has 2 amide bonds. The Morgan fingerprint density at radius 1 is 0.962 bits per heavy atom. The molecule has 0 heterocycles. The normalized spacial score (nSPS) is 11.7. The van der Waals surface area contributed by atoms with E-state index < -0.39 is 0 Å². The molecule has 0 spiro atoms. The van der Waals surface area contributed by atoms with Gasteiger partial charge in [0.25, 0.3) is 11.8 Å². The maximum Gasteiger partial charge on any atom is 0.279 e. The summed E-state index contributed by atoms with van der Waals surface area (Å²) in [5, 5.41) is 5.82. The first-order valence-electron chi connectivity index (χ1n) is 8.95. The van der Waals surface area contributed by atoms with Crippen LogP contribution in [0.25, 0.3) is 0 Å². The Kier molecular flexibility index (Phi) is 6.92. The van der Waals surface area contributed by atoms with Crippen LogP contribution in [-0.2, 0) is 16.0 Å². The number of rotatable bonds is 7. The van der Waals surface area contributed by atoms with E-state index in [-0.39, 0.29) is 24.9 Å². The number of amides is 2. The molecule has 0 aliphatic rings. The number of carbonyl (C=O) groups excluding carboxylic acids is 2. The molecule has 0 saturated carbocycles. The minimum atomic E-state index is -0.102. The summed E-state index contributed by atoms with van der Waals surface area (Å²) >= 11 is 0. The molecule has 5 nitrogen and oxygen atoms in total. The van der Waals surface area contributed by atoms with E-state index in [0.717, 1.165) is 33.8 Å². The number of aryl methyl sites for hydroxylation is 2. The molecule has 3 N–H and O–H groups in total. The Labute approximate surface area is 155 Å². The van der Waals surface area contributed by atoms with Gasteiger partial charge in [0.05, 0.1) is 7.05 Å². The maximum absolute atomic E-state index is 12.2. The summed E-state index contributed by atoms with van der Waals surface area (Å²) in [7, 11) is 1.84. The summed E-state index contributed by atoms with van der Waals surface area (Å²) in [4.78, 5) is 25.3. The summed E-state index contributed by atoms with van der Waals surface area (Å²) < 4.78 is 0. The summed E-state index contributed by atoms with van der Waals surface area (Å²) in [6, 6.07) is 13.6. The number of nitrogens with one attached hydrogen (secondary N) is 3. The standard InChI is InChI=1S/C21H27N3O2/c1-5-17-9-7-10-18(12-17)22-20(25)13-24(4)14-21(26)23-19-11-6-8-15(2)16(19)3/h6-12H,5,13-14H2,1-4H3,(H,22,25)(H,23,26)/p+1. The Morgan fingerprint density at radius 3 is 2.31 bits per heavy atom. The molecular weight excluding hydrogens is 326 g/mol. The van der Waals surface area contributed by atoms with Crippen molar-refractivity contribution >= 4 is 23.2 Å². The first kappa shape index (κ1) is 19.7. The number of hydrogen-bond donors (Lipinski definition) is 3. The zero-order valence-corrected chi connectivity index (χ0v) is 16.0. The number of carbonyl (C=O) groups is 2. The van der Waals surface area contributed by atoms with Crippen LogP contribution in [0.15, 0.2) is 42.5 Å². The Hall–Kier alpha value is -2.66. The number of hydrogen-bond acceptors (Lipinski definition) is 2. The second-order valence-corrected chi connectivity index (χ2v) is 6.71. The van der Waals surface area contributed by atoms with Gasteiger partial charge in [-0.15, -0.1) is 0 Å². The average molecular weight is 354 g/mol. The molecule has 0 aliphatic heterocycles. The zero-order valence-electron chi connectivity index (χ0n) is 16.0. The van der Waals surface area contributed by atoms with Crippen LogP contribution < -0.4 is 15.5 Å². The van der Waals surface area contributed by atoms with Crippen LogP contribution in [-0.4, -0.2) is 32.0 Å². The van der Waals surface area contributed by atoms with E-state index in [2.05, 4.69) is 17.6 Å². The predicted octanol–water partition coefficient (Wildman–Crippen LogP) is 1.96. The van der Waals surface area contributed by atoms with E-state index in [1.165, 1.54) is 5.56 Å². The molecule has 2 aromatic rings. The lowest BCUT2D eigenvalue weighted by molar-refractivity contribution is -0.862. The van der Waals surface area contributed by atoms with Gasteiger partial charge >= 0.3 is 0 Å². The molecule has 2 aromatic carbocycles. The summed E-state index contributed by atoms with van der Waals surface area (Å²) in [5.41, 5.74) is 4.99. The van der Waals surface area contributed by atoms with Gasteiger partial charge in [0.2, 0.25) is 0 Å². The second kappa shape index (κ2) is 9.15. The molecule has 0 saturated heterocycles. The quantitative estimate of drug-likeness (QED) is 0.712. The number of anilines is 2. The minimum absolute atomic E-state index is 0.100. The molecule has 0 aliphatic carbocycles. The number of benzene rings is 2. The fourth-order valence-corrected chi connectivity index (χ4v) is 2.77. The zero-order chi connectivity index (χ0) is 19.1. The van der Waals surface area contributed by atoms with Crippen LogP contribution in [0.2, 0.25) is 0 Å². The van der Waals surface area contributed by atoms with Gasteiger partial charge in [0, 0.05) is 11.4 Å². The molecule has 0 fully saturated rings. The monoisotopic (exact) mass is 354 g/mol. The van der Waals surface area contributed by atoms with Crippen molar-refractivity contribution in [1.82, 2.24) is 0 Å². The topological polar surface area (TPSA) is 62.6 Å². The lowest BCUT2D eigenvalue weighted by atomic mass is 10.1. The van der Waals surface area contributed by atoms with Crippen molar-refractivity contribution in [3.63, 3.8) is 0 Å². The largest absolute Gasteiger partial charge is 0.322 e. The van der Waals surface area contributed by atoms with E-state index in [9.17, 15) is 9.59 Å².